The van der Waals surface area contributed by atoms with Crippen LogP contribution in [0.4, 0.5) is 5.69 Å². The molecule has 1 aliphatic rings. The molecule has 0 spiro atoms. The van der Waals surface area contributed by atoms with E-state index in [1.807, 2.05) is 18.2 Å². The van der Waals surface area contributed by atoms with Gasteiger partial charge >= 0.3 is 5.97 Å². The average molecular weight is 588 g/mol. The summed E-state index contributed by atoms with van der Waals surface area (Å²) in [6, 6.07) is 16.7. The highest BCUT2D eigenvalue weighted by atomic mass is 32.1. The highest BCUT2D eigenvalue weighted by Crippen LogP contribution is 2.38. The van der Waals surface area contributed by atoms with Crippen LogP contribution < -0.4 is 24.4 Å². The predicted molar refractivity (Wildman–Crippen MR) is 155 cm³/mol. The quantitative estimate of drug-likeness (QED) is 0.187. The smallest absolute Gasteiger partial charge is 0.338 e. The minimum Gasteiger partial charge on any atom is -0.507 e. The van der Waals surface area contributed by atoms with Gasteiger partial charge in [-0.3, -0.25) is 19.5 Å². The second-order valence-corrected chi connectivity index (χ2v) is 10.1. The summed E-state index contributed by atoms with van der Waals surface area (Å²) in [5.74, 6) is -0.0366. The summed E-state index contributed by atoms with van der Waals surface area (Å²) < 4.78 is 17.9. The molecule has 0 fully saturated rings. The summed E-state index contributed by atoms with van der Waals surface area (Å²) in [6.45, 7) is 1.78. The standard InChI is InChI=1S/C30H25N3O8S/c1-4-41-29(36)25-26(17-8-6-5-7-9-17)31-30-32(27(25)18-10-13-22(39-2)23(15-18)40-3)28(35)24(42-30)16-19-14-20(33(37)38)11-12-21(19)34/h5-16,27,34H,4H2,1-3H3/b24-16-/t27-/m1/s1. The molecule has 0 bridgehead atoms. The number of rotatable bonds is 8. The number of hydrogen-bond acceptors (Lipinski definition) is 10. The number of phenols is 1. The van der Waals surface area contributed by atoms with Crippen molar-refractivity contribution in [1.29, 1.82) is 0 Å². The summed E-state index contributed by atoms with van der Waals surface area (Å²) in [5.41, 5.74) is 0.978. The molecule has 1 atom stereocenters. The van der Waals surface area contributed by atoms with Crippen LogP contribution in [0.1, 0.15) is 29.7 Å². The lowest BCUT2D eigenvalue weighted by molar-refractivity contribution is -0.384. The minimum absolute atomic E-state index is 0.0880. The van der Waals surface area contributed by atoms with Gasteiger partial charge in [0.25, 0.3) is 11.2 Å². The maximum atomic E-state index is 14.0. The van der Waals surface area contributed by atoms with E-state index >= 15 is 0 Å². The number of nitro groups is 1. The van der Waals surface area contributed by atoms with E-state index in [1.165, 1.54) is 43.1 Å². The lowest BCUT2D eigenvalue weighted by Gasteiger charge is -2.26. The van der Waals surface area contributed by atoms with Crippen molar-refractivity contribution >= 4 is 34.8 Å². The number of nitrogens with zero attached hydrogens (tertiary/aromatic N) is 3. The largest absolute Gasteiger partial charge is 0.507 e. The number of hydrogen-bond donors (Lipinski definition) is 1. The van der Waals surface area contributed by atoms with E-state index in [0.717, 1.165) is 11.3 Å². The predicted octanol–water partition coefficient (Wildman–Crippen LogP) is 3.57. The van der Waals surface area contributed by atoms with Crippen molar-refractivity contribution in [2.75, 3.05) is 20.8 Å². The number of non-ortho nitro benzene ring substituents is 1. The van der Waals surface area contributed by atoms with Gasteiger partial charge in [0, 0.05) is 23.3 Å². The Labute approximate surface area is 243 Å². The molecule has 0 saturated heterocycles. The molecule has 4 aromatic rings. The Bertz CT molecular complexity index is 1910. The molecule has 3 aromatic carbocycles. The summed E-state index contributed by atoms with van der Waals surface area (Å²) in [4.78, 5) is 43.4. The van der Waals surface area contributed by atoms with Crippen molar-refractivity contribution in [2.45, 2.75) is 13.0 Å². The zero-order chi connectivity index (χ0) is 30.0. The molecule has 1 N–H and O–H groups in total. The number of carbonyl (C=O) groups excluding carboxylic acids is 1. The van der Waals surface area contributed by atoms with Crippen molar-refractivity contribution in [2.24, 2.45) is 4.99 Å². The summed E-state index contributed by atoms with van der Waals surface area (Å²) in [6.07, 6.45) is 1.37. The molecular formula is C30H25N3O8S. The molecule has 0 aliphatic carbocycles. The summed E-state index contributed by atoms with van der Waals surface area (Å²) in [7, 11) is 2.98. The van der Waals surface area contributed by atoms with Gasteiger partial charge in [0.15, 0.2) is 16.3 Å². The van der Waals surface area contributed by atoms with E-state index in [0.29, 0.717) is 28.3 Å². The molecule has 0 radical (unpaired) electrons. The number of esters is 1. The highest BCUT2D eigenvalue weighted by Gasteiger charge is 2.35. The SMILES string of the molecule is CCOC(=O)C1=C(c2ccccc2)N=c2s/c(=C\c3cc([N+](=O)[O-])ccc3O)c(=O)n2[C@@H]1c1ccc(OC)c(OC)c1. The number of thiazole rings is 1. The van der Waals surface area contributed by atoms with Gasteiger partial charge in [-0.1, -0.05) is 47.7 Å². The lowest BCUT2D eigenvalue weighted by atomic mass is 9.93. The zero-order valence-corrected chi connectivity index (χ0v) is 23.6. The Morgan fingerprint density at radius 3 is 2.50 bits per heavy atom. The van der Waals surface area contributed by atoms with E-state index in [1.54, 1.807) is 37.3 Å². The number of benzene rings is 3. The number of fused-ring (bicyclic) bond motifs is 1. The van der Waals surface area contributed by atoms with Gasteiger partial charge in [0.1, 0.15) is 5.75 Å². The number of aromatic nitrogens is 1. The second kappa shape index (κ2) is 11.7. The van der Waals surface area contributed by atoms with Crippen LogP contribution in [0.15, 0.2) is 82.1 Å². The Morgan fingerprint density at radius 1 is 1.10 bits per heavy atom. The first-order chi connectivity index (χ1) is 20.3. The van der Waals surface area contributed by atoms with Crippen molar-refractivity contribution in [1.82, 2.24) is 4.57 Å². The average Bonchev–Trinajstić information content (AvgIpc) is 3.31. The normalized spacial score (nSPS) is 14.6. The fourth-order valence-corrected chi connectivity index (χ4v) is 5.68. The number of aromatic hydroxyl groups is 1. The van der Waals surface area contributed by atoms with Gasteiger partial charge < -0.3 is 19.3 Å². The monoisotopic (exact) mass is 587 g/mol. The van der Waals surface area contributed by atoms with Gasteiger partial charge in [-0.2, -0.15) is 0 Å². The number of phenolic OH excluding ortho intramolecular Hbond substituents is 1. The van der Waals surface area contributed by atoms with E-state index < -0.39 is 22.5 Å². The molecular weight excluding hydrogens is 562 g/mol. The molecule has 11 nitrogen and oxygen atoms in total. The second-order valence-electron chi connectivity index (χ2n) is 9.05. The maximum absolute atomic E-state index is 14.0. The van der Waals surface area contributed by atoms with E-state index in [4.69, 9.17) is 19.2 Å². The van der Waals surface area contributed by atoms with Crippen LogP contribution in [0.5, 0.6) is 17.2 Å². The van der Waals surface area contributed by atoms with Crippen LogP contribution in [0, 0.1) is 10.1 Å². The van der Waals surface area contributed by atoms with E-state index in [2.05, 4.69) is 0 Å². The van der Waals surface area contributed by atoms with Crippen LogP contribution in [0.2, 0.25) is 0 Å². The van der Waals surface area contributed by atoms with E-state index in [9.17, 15) is 24.8 Å². The Balaban J connectivity index is 1.85. The van der Waals surface area contributed by atoms with Gasteiger partial charge in [-0.25, -0.2) is 9.79 Å². The molecule has 0 unspecified atom stereocenters. The third-order valence-corrected chi connectivity index (χ3v) is 7.59. The molecule has 5 rings (SSSR count). The number of carbonyl (C=O) groups is 1. The number of ether oxygens (including phenoxy) is 3. The van der Waals surface area contributed by atoms with Crippen molar-refractivity contribution < 1.29 is 29.0 Å². The summed E-state index contributed by atoms with van der Waals surface area (Å²) in [5, 5.41) is 21.7. The topological polar surface area (TPSA) is 142 Å². The highest BCUT2D eigenvalue weighted by molar-refractivity contribution is 7.07. The first-order valence-electron chi connectivity index (χ1n) is 12.7. The fourth-order valence-electron chi connectivity index (χ4n) is 4.69. The molecule has 214 valence electrons. The number of nitro benzene ring substituents is 1. The van der Waals surface area contributed by atoms with Crippen LogP contribution in [0.3, 0.4) is 0 Å². The Morgan fingerprint density at radius 2 is 1.83 bits per heavy atom. The fraction of sp³-hybridized carbons (Fsp3) is 0.167. The van der Waals surface area contributed by atoms with E-state index in [-0.39, 0.29) is 38.5 Å². The molecule has 12 heteroatoms. The van der Waals surface area contributed by atoms with Crippen molar-refractivity contribution in [3.05, 3.63) is 119 Å². The molecule has 1 aliphatic heterocycles. The van der Waals surface area contributed by atoms with Crippen LogP contribution in [-0.2, 0) is 9.53 Å². The Hall–Kier alpha value is -5.23. The van der Waals surface area contributed by atoms with Crippen LogP contribution >= 0.6 is 11.3 Å². The zero-order valence-electron chi connectivity index (χ0n) is 22.8. The molecule has 1 aromatic heterocycles. The molecule has 42 heavy (non-hydrogen) atoms. The third-order valence-electron chi connectivity index (χ3n) is 6.61. The third kappa shape index (κ3) is 5.15. The Kier molecular flexibility index (Phi) is 7.89. The van der Waals surface area contributed by atoms with Gasteiger partial charge in [-0.15, -0.1) is 0 Å². The lowest BCUT2D eigenvalue weighted by Crippen LogP contribution is -2.40. The first-order valence-corrected chi connectivity index (χ1v) is 13.6. The molecule has 2 heterocycles. The maximum Gasteiger partial charge on any atom is 0.338 e. The number of methoxy groups -OCH3 is 2. The van der Waals surface area contributed by atoms with Gasteiger partial charge in [0.2, 0.25) is 0 Å². The first kappa shape index (κ1) is 28.3. The van der Waals surface area contributed by atoms with Crippen LogP contribution in [-0.4, -0.2) is 41.4 Å². The molecule has 0 saturated carbocycles. The van der Waals surface area contributed by atoms with Crippen LogP contribution in [0.25, 0.3) is 11.8 Å². The summed E-state index contributed by atoms with van der Waals surface area (Å²) >= 11 is 1.03. The van der Waals surface area contributed by atoms with Crippen molar-refractivity contribution in [3.63, 3.8) is 0 Å². The molecule has 0 amide bonds. The van der Waals surface area contributed by atoms with Gasteiger partial charge in [-0.05, 0) is 36.8 Å². The minimum atomic E-state index is -0.976. The van der Waals surface area contributed by atoms with Crippen molar-refractivity contribution in [3.8, 4) is 17.2 Å². The van der Waals surface area contributed by atoms with Gasteiger partial charge in [0.05, 0.1) is 47.6 Å².